The van der Waals surface area contributed by atoms with Gasteiger partial charge in [-0.15, -0.1) is 0 Å². The molecule has 1 atom stereocenters. The van der Waals surface area contributed by atoms with Crippen LogP contribution in [0.2, 0.25) is 5.02 Å². The number of likely N-dealkylation sites (tertiary alicyclic amines) is 1. The van der Waals surface area contributed by atoms with Gasteiger partial charge in [0.1, 0.15) is 13.2 Å². The average Bonchev–Trinajstić information content (AvgIpc) is 3.35. The molecule has 1 fully saturated rings. The van der Waals surface area contributed by atoms with Gasteiger partial charge in [0.25, 0.3) is 0 Å². The first-order valence-corrected chi connectivity index (χ1v) is 12.4. The molecule has 1 saturated heterocycles. The Kier molecular flexibility index (Phi) is 7.18. The normalized spacial score (nSPS) is 17.4. The Labute approximate surface area is 218 Å². The number of nitrogens with zero attached hydrogens (tertiary/aromatic N) is 3. The van der Waals surface area contributed by atoms with Crippen molar-refractivity contribution in [2.24, 2.45) is 0 Å². The zero-order valence-electron chi connectivity index (χ0n) is 20.0. The summed E-state index contributed by atoms with van der Waals surface area (Å²) < 4.78 is 52.6. The summed E-state index contributed by atoms with van der Waals surface area (Å²) in [4.78, 5) is 7.68. The van der Waals surface area contributed by atoms with Crippen LogP contribution in [0.25, 0.3) is 4.85 Å². The smallest absolute Gasteiger partial charge is 0.416 e. The molecule has 2 aliphatic heterocycles. The first-order chi connectivity index (χ1) is 17.8. The van der Waals surface area contributed by atoms with Crippen LogP contribution in [0.1, 0.15) is 23.1 Å². The maximum absolute atomic E-state index is 13.8. The molecule has 0 spiro atoms. The molecule has 0 aromatic heterocycles. The zero-order chi connectivity index (χ0) is 26.0. The summed E-state index contributed by atoms with van der Waals surface area (Å²) in [5.41, 5.74) is 1.65. The fourth-order valence-corrected chi connectivity index (χ4v) is 5.19. The molecule has 2 heterocycles. The molecule has 0 aliphatic carbocycles. The summed E-state index contributed by atoms with van der Waals surface area (Å²) in [5.74, 6) is 1.47. The Hall–Kier alpha value is -3.41. The molecule has 5 nitrogen and oxygen atoms in total. The van der Waals surface area contributed by atoms with Crippen molar-refractivity contribution in [1.29, 1.82) is 0 Å². The number of fused-ring (bicyclic) bond motifs is 1. The Morgan fingerprint density at radius 1 is 1.03 bits per heavy atom. The van der Waals surface area contributed by atoms with Crippen molar-refractivity contribution in [2.75, 3.05) is 31.2 Å². The second-order valence-electron chi connectivity index (χ2n) is 9.19. The molecule has 0 saturated carbocycles. The van der Waals surface area contributed by atoms with Crippen LogP contribution in [0.5, 0.6) is 11.5 Å². The lowest BCUT2D eigenvalue weighted by Gasteiger charge is -2.33. The average molecular weight is 528 g/mol. The van der Waals surface area contributed by atoms with E-state index in [0.29, 0.717) is 37.7 Å². The van der Waals surface area contributed by atoms with Crippen LogP contribution < -0.4 is 14.4 Å². The zero-order valence-corrected chi connectivity index (χ0v) is 20.7. The molecule has 192 valence electrons. The highest BCUT2D eigenvalue weighted by molar-refractivity contribution is 6.33. The van der Waals surface area contributed by atoms with E-state index in [1.165, 1.54) is 12.1 Å². The summed E-state index contributed by atoms with van der Waals surface area (Å²) in [6.07, 6.45) is -3.67. The number of ether oxygens (including phenoxy) is 2. The summed E-state index contributed by atoms with van der Waals surface area (Å²) in [5, 5.41) is 0.285. The Balaban J connectivity index is 1.39. The number of anilines is 1. The van der Waals surface area contributed by atoms with Crippen LogP contribution in [0.3, 0.4) is 0 Å². The van der Waals surface area contributed by atoms with Crippen LogP contribution in [0.15, 0.2) is 60.7 Å². The molecule has 0 amide bonds. The van der Waals surface area contributed by atoms with Gasteiger partial charge in [-0.2, -0.15) is 13.2 Å². The Morgan fingerprint density at radius 3 is 2.57 bits per heavy atom. The number of halogens is 4. The van der Waals surface area contributed by atoms with E-state index in [1.807, 2.05) is 23.1 Å². The fourth-order valence-electron chi connectivity index (χ4n) is 4.97. The van der Waals surface area contributed by atoms with Gasteiger partial charge in [0.2, 0.25) is 5.69 Å². The third-order valence-electron chi connectivity index (χ3n) is 6.75. The van der Waals surface area contributed by atoms with Gasteiger partial charge in [-0.3, -0.25) is 4.90 Å². The minimum Gasteiger partial charge on any atom is -0.486 e. The first kappa shape index (κ1) is 25.2. The molecule has 37 heavy (non-hydrogen) atoms. The first-order valence-electron chi connectivity index (χ1n) is 12.0. The van der Waals surface area contributed by atoms with Crippen LogP contribution in [-0.2, 0) is 19.3 Å². The highest BCUT2D eigenvalue weighted by atomic mass is 35.5. The molecule has 0 unspecified atom stereocenters. The van der Waals surface area contributed by atoms with Crippen molar-refractivity contribution >= 4 is 23.0 Å². The summed E-state index contributed by atoms with van der Waals surface area (Å²) in [6.45, 7) is 10.6. The van der Waals surface area contributed by atoms with Crippen LogP contribution in [-0.4, -0.2) is 37.2 Å². The third-order valence-corrected chi connectivity index (χ3v) is 7.05. The Bertz CT molecular complexity index is 1320. The summed E-state index contributed by atoms with van der Waals surface area (Å²) >= 11 is 6.33. The summed E-state index contributed by atoms with van der Waals surface area (Å²) in [6, 6.07) is 16.6. The molecule has 3 aromatic rings. The van der Waals surface area contributed by atoms with Crippen LogP contribution in [0, 0.1) is 6.57 Å². The lowest BCUT2D eigenvalue weighted by atomic mass is 10.0. The van der Waals surface area contributed by atoms with Crippen LogP contribution in [0.4, 0.5) is 24.5 Å². The fraction of sp³-hybridized carbons (Fsp3) is 0.321. The van der Waals surface area contributed by atoms with E-state index in [2.05, 4.69) is 9.74 Å². The van der Waals surface area contributed by atoms with Gasteiger partial charge < -0.3 is 14.4 Å². The molecule has 3 aromatic carbocycles. The monoisotopic (exact) mass is 527 g/mol. The van der Waals surface area contributed by atoms with Crippen molar-refractivity contribution in [3.05, 3.63) is 93.8 Å². The predicted molar refractivity (Wildman–Crippen MR) is 136 cm³/mol. The van der Waals surface area contributed by atoms with Gasteiger partial charge in [-0.25, -0.2) is 4.85 Å². The van der Waals surface area contributed by atoms with E-state index in [0.717, 1.165) is 36.1 Å². The third kappa shape index (κ3) is 5.63. The van der Waals surface area contributed by atoms with E-state index < -0.39 is 11.7 Å². The highest BCUT2D eigenvalue weighted by Gasteiger charge is 2.35. The minimum atomic E-state index is -4.45. The molecular formula is C28H25ClF3N3O2. The van der Waals surface area contributed by atoms with E-state index in [9.17, 15) is 13.2 Å². The molecule has 0 radical (unpaired) electrons. The lowest BCUT2D eigenvalue weighted by molar-refractivity contribution is -0.138. The maximum Gasteiger partial charge on any atom is 0.416 e. The van der Waals surface area contributed by atoms with Gasteiger partial charge >= 0.3 is 6.18 Å². The van der Waals surface area contributed by atoms with Gasteiger partial charge in [0, 0.05) is 42.9 Å². The van der Waals surface area contributed by atoms with Crippen molar-refractivity contribution < 1.29 is 22.6 Å². The topological polar surface area (TPSA) is 29.3 Å². The van der Waals surface area contributed by atoms with Gasteiger partial charge in [-0.05, 0) is 47.9 Å². The van der Waals surface area contributed by atoms with E-state index in [4.69, 9.17) is 27.6 Å². The van der Waals surface area contributed by atoms with Crippen molar-refractivity contribution in [3.8, 4) is 11.5 Å². The lowest BCUT2D eigenvalue weighted by Crippen LogP contribution is -2.37. The second-order valence-corrected chi connectivity index (χ2v) is 9.59. The number of alkyl halides is 3. The van der Waals surface area contributed by atoms with E-state index in [1.54, 1.807) is 24.3 Å². The number of benzene rings is 3. The molecular weight excluding hydrogens is 503 g/mol. The van der Waals surface area contributed by atoms with Crippen molar-refractivity contribution in [3.63, 3.8) is 0 Å². The van der Waals surface area contributed by atoms with Crippen molar-refractivity contribution in [2.45, 2.75) is 31.7 Å². The number of rotatable bonds is 6. The number of hydrogen-bond acceptors (Lipinski definition) is 4. The molecule has 2 aliphatic rings. The molecule has 5 rings (SSSR count). The second kappa shape index (κ2) is 10.5. The quantitative estimate of drug-likeness (QED) is 0.324. The highest BCUT2D eigenvalue weighted by Crippen LogP contribution is 2.37. The SMILES string of the molecule is [C-]#[N+]c1ccc(N(Cc2ccccc2C(F)(F)F)[C@H]2CCN(Cc3ccc4c(c3)OCCO4)C2)cc1Cl. The molecule has 0 N–H and O–H groups in total. The van der Waals surface area contributed by atoms with Crippen molar-refractivity contribution in [1.82, 2.24) is 4.90 Å². The predicted octanol–water partition coefficient (Wildman–Crippen LogP) is 6.96. The van der Waals surface area contributed by atoms with Gasteiger partial charge in [-0.1, -0.05) is 41.9 Å². The molecule has 9 heteroatoms. The maximum atomic E-state index is 13.8. The number of hydrogen-bond donors (Lipinski definition) is 0. The van der Waals surface area contributed by atoms with E-state index in [-0.39, 0.29) is 23.2 Å². The largest absolute Gasteiger partial charge is 0.486 e. The van der Waals surface area contributed by atoms with Gasteiger partial charge in [0.05, 0.1) is 12.1 Å². The van der Waals surface area contributed by atoms with E-state index >= 15 is 0 Å². The van der Waals surface area contributed by atoms with Crippen LogP contribution >= 0.6 is 11.6 Å². The van der Waals surface area contributed by atoms with Gasteiger partial charge in [0.15, 0.2) is 11.5 Å². The Morgan fingerprint density at radius 2 is 1.81 bits per heavy atom. The summed E-state index contributed by atoms with van der Waals surface area (Å²) in [7, 11) is 0. The minimum absolute atomic E-state index is 0.0339. The standard InChI is InChI=1S/C28H25ClF3N3O2/c1-33-25-8-7-21(15-24(25)29)35(17-20-4-2-3-5-23(20)28(30,31)32)22-10-11-34(18-22)16-19-6-9-26-27(14-19)37-13-12-36-26/h2-9,14-15,22H,10-13,16-18H2/t22-/m0/s1. The molecule has 0 bridgehead atoms.